The van der Waals surface area contributed by atoms with E-state index in [2.05, 4.69) is 15.9 Å². The summed E-state index contributed by atoms with van der Waals surface area (Å²) in [5, 5.41) is 9.37. The molecule has 0 aromatic carbocycles. The SMILES string of the molecule is CCOC(=O)C1=C(C)OC(N)=C(C#N)[C@H]1c1ccc(Br)s1. The number of nitriles is 1. The van der Waals surface area contributed by atoms with Gasteiger partial charge in [-0.1, -0.05) is 0 Å². The Kier molecular flexibility index (Phi) is 4.70. The fraction of sp³-hybridized carbons (Fsp3) is 0.286. The number of thiophene rings is 1. The number of carbonyl (C=O) groups is 1. The zero-order valence-electron chi connectivity index (χ0n) is 11.5. The molecule has 0 saturated carbocycles. The Hall–Kier alpha value is -1.78. The molecule has 0 aliphatic carbocycles. The molecule has 2 N–H and O–H groups in total. The minimum absolute atomic E-state index is 0.0255. The van der Waals surface area contributed by atoms with Gasteiger partial charge >= 0.3 is 5.97 Å². The number of hydrogen-bond donors (Lipinski definition) is 1. The van der Waals surface area contributed by atoms with E-state index in [0.717, 1.165) is 8.66 Å². The van der Waals surface area contributed by atoms with E-state index in [9.17, 15) is 10.1 Å². The van der Waals surface area contributed by atoms with Crippen LogP contribution in [-0.4, -0.2) is 12.6 Å². The molecule has 110 valence electrons. The highest BCUT2D eigenvalue weighted by Gasteiger charge is 2.37. The second-order valence-electron chi connectivity index (χ2n) is 4.26. The van der Waals surface area contributed by atoms with E-state index >= 15 is 0 Å². The largest absolute Gasteiger partial charge is 0.463 e. The summed E-state index contributed by atoms with van der Waals surface area (Å²) in [7, 11) is 0. The lowest BCUT2D eigenvalue weighted by atomic mass is 9.87. The molecule has 1 aromatic rings. The van der Waals surface area contributed by atoms with Gasteiger partial charge in [-0.15, -0.1) is 11.3 Å². The van der Waals surface area contributed by atoms with Crippen molar-refractivity contribution < 1.29 is 14.3 Å². The molecule has 0 unspecified atom stereocenters. The van der Waals surface area contributed by atoms with Crippen LogP contribution in [0.2, 0.25) is 0 Å². The lowest BCUT2D eigenvalue weighted by Crippen LogP contribution is -2.25. The number of halogens is 1. The van der Waals surface area contributed by atoms with Crippen molar-refractivity contribution in [2.24, 2.45) is 5.73 Å². The number of hydrogen-bond acceptors (Lipinski definition) is 6. The van der Waals surface area contributed by atoms with Crippen LogP contribution in [0.4, 0.5) is 0 Å². The molecule has 1 atom stereocenters. The second-order valence-corrected chi connectivity index (χ2v) is 6.75. The number of nitrogens with two attached hydrogens (primary N) is 1. The number of nitrogens with zero attached hydrogens (tertiary/aromatic N) is 1. The maximum Gasteiger partial charge on any atom is 0.338 e. The van der Waals surface area contributed by atoms with E-state index in [1.165, 1.54) is 11.3 Å². The van der Waals surface area contributed by atoms with Gasteiger partial charge in [-0.3, -0.25) is 0 Å². The number of rotatable bonds is 3. The summed E-state index contributed by atoms with van der Waals surface area (Å²) >= 11 is 4.82. The number of ether oxygens (including phenoxy) is 2. The summed E-state index contributed by atoms with van der Waals surface area (Å²) in [6, 6.07) is 5.75. The summed E-state index contributed by atoms with van der Waals surface area (Å²) < 4.78 is 11.3. The molecule has 0 saturated heterocycles. The van der Waals surface area contributed by atoms with Gasteiger partial charge in [-0.05, 0) is 41.9 Å². The van der Waals surface area contributed by atoms with E-state index in [4.69, 9.17) is 15.2 Å². The summed E-state index contributed by atoms with van der Waals surface area (Å²) in [6.45, 7) is 3.62. The Balaban J connectivity index is 2.57. The molecular weight excluding hydrogens is 356 g/mol. The van der Waals surface area contributed by atoms with Crippen LogP contribution in [0.5, 0.6) is 0 Å². The average molecular weight is 369 g/mol. The van der Waals surface area contributed by atoms with Gasteiger partial charge in [0.15, 0.2) is 0 Å². The van der Waals surface area contributed by atoms with Crippen LogP contribution in [0, 0.1) is 11.3 Å². The van der Waals surface area contributed by atoms with Gasteiger partial charge in [-0.25, -0.2) is 4.79 Å². The van der Waals surface area contributed by atoms with Crippen LogP contribution in [0.25, 0.3) is 0 Å². The summed E-state index contributed by atoms with van der Waals surface area (Å²) in [5.74, 6) is -0.666. The highest BCUT2D eigenvalue weighted by atomic mass is 79.9. The van der Waals surface area contributed by atoms with Crippen LogP contribution in [0.3, 0.4) is 0 Å². The molecule has 0 amide bonds. The molecule has 2 heterocycles. The lowest BCUT2D eigenvalue weighted by Gasteiger charge is -2.25. The first-order valence-electron chi connectivity index (χ1n) is 6.20. The van der Waals surface area contributed by atoms with Gasteiger partial charge in [0.1, 0.15) is 17.4 Å². The Bertz CT molecular complexity index is 685. The molecular formula is C14H13BrN2O3S. The number of carbonyl (C=O) groups excluding carboxylic acids is 1. The standard InChI is InChI=1S/C14H13BrN2O3S/c1-3-19-14(18)11-7(2)20-13(17)8(6-16)12(11)9-4-5-10(15)21-9/h4-5,12H,3,17H2,1-2H3/t12-/m0/s1. The fourth-order valence-electron chi connectivity index (χ4n) is 2.12. The van der Waals surface area contributed by atoms with Crippen LogP contribution >= 0.6 is 27.3 Å². The molecule has 5 nitrogen and oxygen atoms in total. The third-order valence-electron chi connectivity index (χ3n) is 2.98. The smallest absolute Gasteiger partial charge is 0.338 e. The van der Waals surface area contributed by atoms with Crippen molar-refractivity contribution >= 4 is 33.2 Å². The third kappa shape index (κ3) is 2.96. The van der Waals surface area contributed by atoms with Crippen molar-refractivity contribution in [2.75, 3.05) is 6.61 Å². The monoisotopic (exact) mass is 368 g/mol. The molecule has 1 aromatic heterocycles. The Morgan fingerprint density at radius 1 is 1.62 bits per heavy atom. The van der Waals surface area contributed by atoms with Gasteiger partial charge in [0.05, 0.1) is 21.9 Å². The molecule has 21 heavy (non-hydrogen) atoms. The van der Waals surface area contributed by atoms with Gasteiger partial charge in [-0.2, -0.15) is 5.26 Å². The zero-order chi connectivity index (χ0) is 15.6. The Morgan fingerprint density at radius 3 is 2.86 bits per heavy atom. The van der Waals surface area contributed by atoms with E-state index in [0.29, 0.717) is 11.3 Å². The van der Waals surface area contributed by atoms with Crippen LogP contribution < -0.4 is 5.73 Å². The first kappa shape index (κ1) is 15.6. The third-order valence-corrected chi connectivity index (χ3v) is 4.67. The van der Waals surface area contributed by atoms with Crippen molar-refractivity contribution in [2.45, 2.75) is 19.8 Å². The molecule has 0 bridgehead atoms. The van der Waals surface area contributed by atoms with Gasteiger partial charge < -0.3 is 15.2 Å². The highest BCUT2D eigenvalue weighted by Crippen LogP contribution is 2.42. The summed E-state index contributed by atoms with van der Waals surface area (Å²) in [4.78, 5) is 13.1. The van der Waals surface area contributed by atoms with Crippen molar-refractivity contribution in [1.82, 2.24) is 0 Å². The van der Waals surface area contributed by atoms with Crippen LogP contribution in [0.15, 0.2) is 38.7 Å². The van der Waals surface area contributed by atoms with Gasteiger partial charge in [0.2, 0.25) is 5.88 Å². The molecule has 7 heteroatoms. The first-order chi connectivity index (χ1) is 9.99. The van der Waals surface area contributed by atoms with Crippen LogP contribution in [-0.2, 0) is 14.3 Å². The van der Waals surface area contributed by atoms with E-state index in [1.807, 2.05) is 18.2 Å². The Labute approximate surface area is 134 Å². The predicted molar refractivity (Wildman–Crippen MR) is 82.0 cm³/mol. The number of allylic oxidation sites excluding steroid dienone is 2. The number of esters is 1. The maximum atomic E-state index is 12.2. The van der Waals surface area contributed by atoms with Crippen molar-refractivity contribution in [3.63, 3.8) is 0 Å². The molecule has 2 rings (SSSR count). The predicted octanol–water partition coefficient (Wildman–Crippen LogP) is 3.16. The second kappa shape index (κ2) is 6.33. The normalized spacial score (nSPS) is 18.3. The molecule has 0 radical (unpaired) electrons. The van der Waals surface area contributed by atoms with E-state index < -0.39 is 11.9 Å². The topological polar surface area (TPSA) is 85.3 Å². The molecule has 0 spiro atoms. The first-order valence-corrected chi connectivity index (χ1v) is 7.81. The summed E-state index contributed by atoms with van der Waals surface area (Å²) in [5.41, 5.74) is 6.33. The molecule has 1 aliphatic rings. The highest BCUT2D eigenvalue weighted by molar-refractivity contribution is 9.11. The lowest BCUT2D eigenvalue weighted by molar-refractivity contribution is -0.139. The van der Waals surface area contributed by atoms with E-state index in [1.54, 1.807) is 13.8 Å². The zero-order valence-corrected chi connectivity index (χ0v) is 13.9. The quantitative estimate of drug-likeness (QED) is 0.828. The molecule has 0 fully saturated rings. The molecule has 1 aliphatic heterocycles. The maximum absolute atomic E-state index is 12.2. The van der Waals surface area contributed by atoms with Gasteiger partial charge in [0, 0.05) is 4.88 Å². The van der Waals surface area contributed by atoms with Crippen molar-refractivity contribution in [3.8, 4) is 6.07 Å². The van der Waals surface area contributed by atoms with Crippen molar-refractivity contribution in [1.29, 1.82) is 5.26 Å². The minimum Gasteiger partial charge on any atom is -0.463 e. The fourth-order valence-corrected chi connectivity index (χ4v) is 3.67. The van der Waals surface area contributed by atoms with Gasteiger partial charge in [0.25, 0.3) is 0 Å². The Morgan fingerprint density at radius 2 is 2.33 bits per heavy atom. The minimum atomic E-state index is -0.556. The van der Waals surface area contributed by atoms with E-state index in [-0.39, 0.29) is 18.1 Å². The van der Waals surface area contributed by atoms with Crippen molar-refractivity contribution in [3.05, 3.63) is 43.6 Å². The average Bonchev–Trinajstić information content (AvgIpc) is 2.84. The summed E-state index contributed by atoms with van der Waals surface area (Å²) in [6.07, 6.45) is 0. The van der Waals surface area contributed by atoms with Crippen LogP contribution in [0.1, 0.15) is 24.6 Å².